The number of carbonyl (C=O) groups is 4. The molecule has 0 aliphatic carbocycles. The van der Waals surface area contributed by atoms with E-state index in [-0.39, 0.29) is 37.4 Å². The molecule has 3 aromatic carbocycles. The van der Waals surface area contributed by atoms with E-state index in [1.54, 1.807) is 43.9 Å². The lowest BCUT2D eigenvalue weighted by atomic mass is 10.1. The first kappa shape index (κ1) is 31.1. The largest absolute Gasteiger partial charge is 0.444 e. The molecule has 1 heterocycles. The maximum absolute atomic E-state index is 13.8. The van der Waals surface area contributed by atoms with E-state index in [2.05, 4.69) is 21.3 Å². The van der Waals surface area contributed by atoms with Crippen LogP contribution in [0.3, 0.4) is 0 Å². The first-order valence-corrected chi connectivity index (χ1v) is 14.4. The van der Waals surface area contributed by atoms with E-state index in [1.807, 2.05) is 60.7 Å². The molecule has 0 radical (unpaired) electrons. The number of carbonyl (C=O) groups excluding carboxylic acids is 4. The Hall–Kier alpha value is -4.86. The molecule has 1 atom stereocenters. The van der Waals surface area contributed by atoms with Crippen LogP contribution in [0.2, 0.25) is 0 Å². The van der Waals surface area contributed by atoms with Crippen LogP contribution >= 0.6 is 0 Å². The lowest BCUT2D eigenvalue weighted by Gasteiger charge is -2.27. The molecule has 1 unspecified atom stereocenters. The number of hydrogen-bond acceptors (Lipinski definition) is 5. The molecule has 5 amide bonds. The number of benzene rings is 3. The summed E-state index contributed by atoms with van der Waals surface area (Å²) in [6.07, 6.45) is 0.535. The SMILES string of the molecule is CC(C)(C)OC(=O)Nc1cccc(CN2C(=O)C(NC(=O)CCNC(=O)NCc3ccccc3)CCc3ccccc32)c1. The highest BCUT2D eigenvalue weighted by atomic mass is 16.6. The Balaban J connectivity index is 1.36. The second kappa shape index (κ2) is 14.4. The molecule has 10 nitrogen and oxygen atoms in total. The fourth-order valence-electron chi connectivity index (χ4n) is 4.76. The molecule has 3 aromatic rings. The molecule has 0 bridgehead atoms. The number of fused-ring (bicyclic) bond motifs is 1. The molecule has 0 aromatic heterocycles. The zero-order valence-corrected chi connectivity index (χ0v) is 24.8. The van der Waals surface area contributed by atoms with Crippen LogP contribution in [0.25, 0.3) is 0 Å². The van der Waals surface area contributed by atoms with Gasteiger partial charge in [0.2, 0.25) is 11.8 Å². The third-order valence-corrected chi connectivity index (χ3v) is 6.73. The van der Waals surface area contributed by atoms with E-state index in [0.717, 1.165) is 22.4 Å². The minimum absolute atomic E-state index is 0.0356. The Morgan fingerprint density at radius 1 is 0.907 bits per heavy atom. The van der Waals surface area contributed by atoms with Gasteiger partial charge in [-0.05, 0) is 68.5 Å². The molecular weight excluding hydrogens is 546 g/mol. The number of anilines is 2. The minimum atomic E-state index is -0.727. The summed E-state index contributed by atoms with van der Waals surface area (Å²) in [5.41, 5.74) is 3.48. The van der Waals surface area contributed by atoms with Crippen molar-refractivity contribution in [2.75, 3.05) is 16.8 Å². The van der Waals surface area contributed by atoms with Crippen molar-refractivity contribution in [2.24, 2.45) is 0 Å². The summed E-state index contributed by atoms with van der Waals surface area (Å²) >= 11 is 0. The third kappa shape index (κ3) is 9.59. The van der Waals surface area contributed by atoms with Crippen LogP contribution in [0, 0.1) is 0 Å². The lowest BCUT2D eigenvalue weighted by Crippen LogP contribution is -2.48. The molecule has 226 valence electrons. The van der Waals surface area contributed by atoms with E-state index in [4.69, 9.17) is 4.74 Å². The van der Waals surface area contributed by atoms with Gasteiger partial charge in [-0.1, -0.05) is 60.7 Å². The lowest BCUT2D eigenvalue weighted by molar-refractivity contribution is -0.127. The Kier molecular flexibility index (Phi) is 10.4. The van der Waals surface area contributed by atoms with Crippen LogP contribution in [0.15, 0.2) is 78.9 Å². The van der Waals surface area contributed by atoms with Crippen molar-refractivity contribution >= 4 is 35.3 Å². The molecule has 43 heavy (non-hydrogen) atoms. The molecule has 0 saturated carbocycles. The summed E-state index contributed by atoms with van der Waals surface area (Å²) < 4.78 is 5.35. The third-order valence-electron chi connectivity index (χ3n) is 6.73. The fourth-order valence-corrected chi connectivity index (χ4v) is 4.76. The number of amides is 5. The van der Waals surface area contributed by atoms with Gasteiger partial charge >= 0.3 is 12.1 Å². The maximum atomic E-state index is 13.8. The van der Waals surface area contributed by atoms with Gasteiger partial charge in [-0.15, -0.1) is 0 Å². The first-order valence-electron chi connectivity index (χ1n) is 14.4. The van der Waals surface area contributed by atoms with Gasteiger partial charge < -0.3 is 25.6 Å². The molecule has 0 spiro atoms. The van der Waals surface area contributed by atoms with Gasteiger partial charge in [0.15, 0.2) is 0 Å². The van der Waals surface area contributed by atoms with Crippen molar-refractivity contribution in [3.8, 4) is 0 Å². The second-order valence-corrected chi connectivity index (χ2v) is 11.4. The smallest absolute Gasteiger partial charge is 0.412 e. The normalized spacial score (nSPS) is 14.6. The van der Waals surface area contributed by atoms with Crippen LogP contribution in [0.4, 0.5) is 21.0 Å². The van der Waals surface area contributed by atoms with Crippen LogP contribution in [-0.4, -0.2) is 42.1 Å². The van der Waals surface area contributed by atoms with Gasteiger partial charge in [0.1, 0.15) is 11.6 Å². The number of nitrogens with zero attached hydrogens (tertiary/aromatic N) is 1. The predicted molar refractivity (Wildman–Crippen MR) is 165 cm³/mol. The molecule has 4 N–H and O–H groups in total. The Morgan fingerprint density at radius 2 is 1.63 bits per heavy atom. The van der Waals surface area contributed by atoms with Crippen LogP contribution in [-0.2, 0) is 33.8 Å². The summed E-state index contributed by atoms with van der Waals surface area (Å²) in [4.78, 5) is 52.7. The Morgan fingerprint density at radius 3 is 2.40 bits per heavy atom. The number of aryl methyl sites for hydroxylation is 1. The molecule has 1 aliphatic heterocycles. The number of ether oxygens (including phenoxy) is 1. The molecule has 1 aliphatic rings. The summed E-state index contributed by atoms with van der Waals surface area (Å²) in [6, 6.07) is 23.4. The second-order valence-electron chi connectivity index (χ2n) is 11.4. The highest BCUT2D eigenvalue weighted by Crippen LogP contribution is 2.29. The number of nitrogens with one attached hydrogen (secondary N) is 4. The number of rotatable bonds is 9. The number of urea groups is 1. The minimum Gasteiger partial charge on any atom is -0.444 e. The highest BCUT2D eigenvalue weighted by molar-refractivity contribution is 6.00. The zero-order valence-electron chi connectivity index (χ0n) is 24.8. The van der Waals surface area contributed by atoms with Gasteiger partial charge in [0, 0.05) is 30.9 Å². The number of para-hydroxylation sites is 1. The van der Waals surface area contributed by atoms with Crippen molar-refractivity contribution in [2.45, 2.75) is 64.8 Å². The predicted octanol–water partition coefficient (Wildman–Crippen LogP) is 4.89. The average molecular weight is 586 g/mol. The van der Waals surface area contributed by atoms with E-state index in [1.165, 1.54) is 0 Å². The van der Waals surface area contributed by atoms with Crippen molar-refractivity contribution < 1.29 is 23.9 Å². The Bertz CT molecular complexity index is 1440. The molecule has 10 heteroatoms. The van der Waals surface area contributed by atoms with E-state index >= 15 is 0 Å². The Labute approximate surface area is 252 Å². The summed E-state index contributed by atoms with van der Waals surface area (Å²) in [6.45, 7) is 6.14. The van der Waals surface area contributed by atoms with Crippen LogP contribution in [0.5, 0.6) is 0 Å². The van der Waals surface area contributed by atoms with E-state index in [0.29, 0.717) is 25.1 Å². The topological polar surface area (TPSA) is 129 Å². The summed E-state index contributed by atoms with van der Waals surface area (Å²) in [5, 5.41) is 11.1. The van der Waals surface area contributed by atoms with Gasteiger partial charge in [-0.25, -0.2) is 9.59 Å². The monoisotopic (exact) mass is 585 g/mol. The van der Waals surface area contributed by atoms with Gasteiger partial charge in [0.05, 0.1) is 6.54 Å². The van der Waals surface area contributed by atoms with E-state index in [9.17, 15) is 19.2 Å². The van der Waals surface area contributed by atoms with Crippen molar-refractivity contribution in [1.82, 2.24) is 16.0 Å². The van der Waals surface area contributed by atoms with Crippen LogP contribution in [0.1, 0.15) is 50.3 Å². The highest BCUT2D eigenvalue weighted by Gasteiger charge is 2.31. The summed E-state index contributed by atoms with van der Waals surface area (Å²) in [7, 11) is 0. The van der Waals surface area contributed by atoms with Crippen molar-refractivity contribution in [1.29, 1.82) is 0 Å². The molecule has 0 fully saturated rings. The first-order chi connectivity index (χ1) is 20.6. The quantitative estimate of drug-likeness (QED) is 0.284. The van der Waals surface area contributed by atoms with Crippen molar-refractivity contribution in [3.63, 3.8) is 0 Å². The summed E-state index contributed by atoms with van der Waals surface area (Å²) in [5.74, 6) is -0.548. The number of hydrogen-bond donors (Lipinski definition) is 4. The van der Waals surface area contributed by atoms with Crippen molar-refractivity contribution in [3.05, 3.63) is 95.6 Å². The molecule has 4 rings (SSSR count). The maximum Gasteiger partial charge on any atom is 0.412 e. The standard InChI is InChI=1S/C33H39N5O5/c1-33(2,3)43-32(42)36-26-14-9-12-24(20-26)22-38-28-15-8-7-13-25(28)16-17-27(30(38)40)37-29(39)18-19-34-31(41)35-21-23-10-5-4-6-11-23/h4-15,20,27H,16-19,21-22H2,1-3H3,(H,36,42)(H,37,39)(H2,34,35,41). The van der Waals surface area contributed by atoms with Gasteiger partial charge in [0.25, 0.3) is 0 Å². The fraction of sp³-hybridized carbons (Fsp3) is 0.333. The van der Waals surface area contributed by atoms with Gasteiger partial charge in [-0.2, -0.15) is 0 Å². The molecule has 0 saturated heterocycles. The van der Waals surface area contributed by atoms with Gasteiger partial charge in [-0.3, -0.25) is 14.9 Å². The average Bonchev–Trinajstić information content (AvgIpc) is 3.08. The van der Waals surface area contributed by atoms with Crippen LogP contribution < -0.4 is 26.2 Å². The zero-order chi connectivity index (χ0) is 30.8. The molecular formula is C33H39N5O5. The van der Waals surface area contributed by atoms with E-state index < -0.39 is 17.7 Å².